The quantitative estimate of drug-likeness (QED) is 0.882. The van der Waals surface area contributed by atoms with Crippen LogP contribution in [-0.2, 0) is 6.42 Å². The second kappa shape index (κ2) is 7.26. The van der Waals surface area contributed by atoms with Crippen molar-refractivity contribution in [1.82, 2.24) is 10.1 Å². The van der Waals surface area contributed by atoms with Gasteiger partial charge in [0.05, 0.1) is 0 Å². The highest BCUT2D eigenvalue weighted by Crippen LogP contribution is 2.29. The van der Waals surface area contributed by atoms with E-state index in [0.717, 1.165) is 43.1 Å². The number of piperidine rings is 1. The van der Waals surface area contributed by atoms with E-state index < -0.39 is 0 Å². The Bertz CT molecular complexity index is 704. The number of hydrogen-bond donors (Lipinski definition) is 1. The van der Waals surface area contributed by atoms with Gasteiger partial charge in [0.25, 0.3) is 0 Å². The first kappa shape index (κ1) is 16.8. The highest BCUT2D eigenvalue weighted by molar-refractivity contribution is 6.30. The molecule has 1 saturated heterocycles. The van der Waals surface area contributed by atoms with Gasteiger partial charge in [0, 0.05) is 18.1 Å². The minimum atomic E-state index is -0.0782. The summed E-state index contributed by atoms with van der Waals surface area (Å²) in [5.41, 5.74) is 2.79. The maximum atomic E-state index is 12.5. The molecule has 128 valence electrons. The smallest absolute Gasteiger partial charge is 0.321 e. The molecule has 1 aliphatic rings. The number of benzene rings is 1. The van der Waals surface area contributed by atoms with E-state index in [1.807, 2.05) is 30.9 Å². The minimum absolute atomic E-state index is 0.0782. The van der Waals surface area contributed by atoms with Crippen LogP contribution < -0.4 is 5.32 Å². The normalized spacial score (nSPS) is 15.5. The summed E-state index contributed by atoms with van der Waals surface area (Å²) in [7, 11) is 0. The van der Waals surface area contributed by atoms with Crippen molar-refractivity contribution >= 4 is 23.3 Å². The summed E-state index contributed by atoms with van der Waals surface area (Å²) in [6.07, 6.45) is 2.64. The van der Waals surface area contributed by atoms with Crippen LogP contribution in [0.25, 0.3) is 0 Å². The van der Waals surface area contributed by atoms with E-state index in [-0.39, 0.29) is 6.03 Å². The van der Waals surface area contributed by atoms with Crippen molar-refractivity contribution in [3.05, 3.63) is 46.3 Å². The summed E-state index contributed by atoms with van der Waals surface area (Å²) in [6.45, 7) is 5.29. The maximum Gasteiger partial charge on any atom is 0.321 e. The van der Waals surface area contributed by atoms with Crippen LogP contribution in [0.5, 0.6) is 0 Å². The van der Waals surface area contributed by atoms with Crippen molar-refractivity contribution < 1.29 is 9.32 Å². The van der Waals surface area contributed by atoms with E-state index in [0.29, 0.717) is 17.4 Å². The van der Waals surface area contributed by atoms with E-state index >= 15 is 0 Å². The predicted octanol–water partition coefficient (Wildman–Crippen LogP) is 4.61. The lowest BCUT2D eigenvalue weighted by atomic mass is 9.89. The van der Waals surface area contributed by atoms with Gasteiger partial charge in [-0.05, 0) is 49.8 Å². The molecule has 5 nitrogen and oxygen atoms in total. The molecule has 6 heteroatoms. The first-order valence-corrected chi connectivity index (χ1v) is 8.72. The zero-order chi connectivity index (χ0) is 17.1. The Hall–Kier alpha value is -2.01. The van der Waals surface area contributed by atoms with Crippen molar-refractivity contribution in [3.8, 4) is 0 Å². The first-order chi connectivity index (χ1) is 11.6. The van der Waals surface area contributed by atoms with Gasteiger partial charge in [0.2, 0.25) is 0 Å². The van der Waals surface area contributed by atoms with E-state index in [2.05, 4.69) is 22.6 Å². The molecule has 0 saturated carbocycles. The molecule has 1 N–H and O–H groups in total. The Morgan fingerprint density at radius 2 is 2.00 bits per heavy atom. The second-order valence-electron chi connectivity index (χ2n) is 6.16. The standard InChI is InChI=1S/C18H22ClN3O2/c1-3-16-17(12(2)24-21-16)20-18(23)22-10-8-14(9-11-22)13-4-6-15(19)7-5-13/h4-7,14H,3,8-11H2,1-2H3,(H,20,23). The van der Waals surface area contributed by atoms with Crippen LogP contribution in [0.1, 0.15) is 42.7 Å². The number of halogens is 1. The Kier molecular flexibility index (Phi) is 5.09. The first-order valence-electron chi connectivity index (χ1n) is 8.35. The van der Waals surface area contributed by atoms with E-state index in [1.165, 1.54) is 5.56 Å². The fraction of sp³-hybridized carbons (Fsp3) is 0.444. The number of anilines is 1. The molecule has 1 aromatic carbocycles. The van der Waals surface area contributed by atoms with Gasteiger partial charge in [-0.3, -0.25) is 0 Å². The molecule has 0 unspecified atom stereocenters. The summed E-state index contributed by atoms with van der Waals surface area (Å²) in [4.78, 5) is 14.4. The van der Waals surface area contributed by atoms with Gasteiger partial charge in [0.15, 0.2) is 5.76 Å². The molecule has 1 fully saturated rings. The molecular formula is C18H22ClN3O2. The van der Waals surface area contributed by atoms with Crippen LogP contribution in [0.2, 0.25) is 5.02 Å². The number of likely N-dealkylation sites (tertiary alicyclic amines) is 1. The SMILES string of the molecule is CCc1noc(C)c1NC(=O)N1CCC(c2ccc(Cl)cc2)CC1. The van der Waals surface area contributed by atoms with E-state index in [1.54, 1.807) is 0 Å². The summed E-state index contributed by atoms with van der Waals surface area (Å²) in [5.74, 6) is 1.13. The van der Waals surface area contributed by atoms with E-state index in [9.17, 15) is 4.79 Å². The summed E-state index contributed by atoms with van der Waals surface area (Å²) in [5, 5.41) is 7.68. The molecule has 2 aromatic rings. The zero-order valence-corrected chi connectivity index (χ0v) is 14.8. The summed E-state index contributed by atoms with van der Waals surface area (Å²) in [6, 6.07) is 7.94. The monoisotopic (exact) mass is 347 g/mol. The average molecular weight is 348 g/mol. The molecule has 1 aliphatic heterocycles. The largest absolute Gasteiger partial charge is 0.359 e. The Morgan fingerprint density at radius 1 is 1.33 bits per heavy atom. The summed E-state index contributed by atoms with van der Waals surface area (Å²) >= 11 is 5.95. The zero-order valence-electron chi connectivity index (χ0n) is 14.0. The lowest BCUT2D eigenvalue weighted by molar-refractivity contribution is 0.194. The number of aromatic nitrogens is 1. The van der Waals surface area contributed by atoms with Crippen LogP contribution in [0.15, 0.2) is 28.8 Å². The molecular weight excluding hydrogens is 326 g/mol. The molecule has 0 spiro atoms. The topological polar surface area (TPSA) is 58.4 Å². The van der Waals surface area contributed by atoms with Gasteiger partial charge in [0.1, 0.15) is 11.4 Å². The highest BCUT2D eigenvalue weighted by Gasteiger charge is 2.25. The molecule has 0 atom stereocenters. The predicted molar refractivity (Wildman–Crippen MR) is 94.6 cm³/mol. The lowest BCUT2D eigenvalue weighted by Gasteiger charge is -2.32. The number of carbonyl (C=O) groups is 1. The molecule has 0 aliphatic carbocycles. The van der Waals surface area contributed by atoms with Crippen LogP contribution >= 0.6 is 11.6 Å². The number of aryl methyl sites for hydroxylation is 2. The fourth-order valence-corrected chi connectivity index (χ4v) is 3.28. The minimum Gasteiger partial charge on any atom is -0.359 e. The van der Waals surface area contributed by atoms with Crippen molar-refractivity contribution in [2.24, 2.45) is 0 Å². The van der Waals surface area contributed by atoms with Gasteiger partial charge in [-0.15, -0.1) is 0 Å². The van der Waals surface area contributed by atoms with Crippen LogP contribution in [-0.4, -0.2) is 29.2 Å². The van der Waals surface area contributed by atoms with Gasteiger partial charge in [-0.1, -0.05) is 35.8 Å². The third-order valence-electron chi connectivity index (χ3n) is 4.62. The number of hydrogen-bond acceptors (Lipinski definition) is 3. The fourth-order valence-electron chi connectivity index (χ4n) is 3.16. The molecule has 2 heterocycles. The molecule has 24 heavy (non-hydrogen) atoms. The Balaban J connectivity index is 1.59. The number of urea groups is 1. The van der Waals surface area contributed by atoms with Crippen molar-refractivity contribution in [1.29, 1.82) is 0 Å². The molecule has 1 aromatic heterocycles. The number of rotatable bonds is 3. The molecule has 2 amide bonds. The molecule has 0 radical (unpaired) electrons. The third-order valence-corrected chi connectivity index (χ3v) is 4.88. The number of nitrogens with zero attached hydrogens (tertiary/aromatic N) is 2. The Labute approximate surface area is 147 Å². The summed E-state index contributed by atoms with van der Waals surface area (Å²) < 4.78 is 5.17. The van der Waals surface area contributed by atoms with E-state index in [4.69, 9.17) is 16.1 Å². The van der Waals surface area contributed by atoms with Crippen molar-refractivity contribution in [3.63, 3.8) is 0 Å². The van der Waals surface area contributed by atoms with Gasteiger partial charge < -0.3 is 14.7 Å². The van der Waals surface area contributed by atoms with Gasteiger partial charge >= 0.3 is 6.03 Å². The number of carbonyl (C=O) groups excluding carboxylic acids is 1. The highest BCUT2D eigenvalue weighted by atomic mass is 35.5. The Morgan fingerprint density at radius 3 is 2.62 bits per heavy atom. The average Bonchev–Trinajstić information content (AvgIpc) is 2.96. The second-order valence-corrected chi connectivity index (χ2v) is 6.59. The van der Waals surface area contributed by atoms with Crippen molar-refractivity contribution in [2.75, 3.05) is 18.4 Å². The van der Waals surface area contributed by atoms with Crippen molar-refractivity contribution in [2.45, 2.75) is 39.0 Å². The van der Waals surface area contributed by atoms with Crippen LogP contribution in [0.3, 0.4) is 0 Å². The number of amides is 2. The molecule has 3 rings (SSSR count). The van der Waals surface area contributed by atoms with Crippen LogP contribution in [0, 0.1) is 6.92 Å². The maximum absolute atomic E-state index is 12.5. The van der Waals surface area contributed by atoms with Gasteiger partial charge in [-0.2, -0.15) is 0 Å². The number of nitrogens with one attached hydrogen (secondary N) is 1. The molecule has 0 bridgehead atoms. The third kappa shape index (κ3) is 3.56. The van der Waals surface area contributed by atoms with Gasteiger partial charge in [-0.25, -0.2) is 4.79 Å². The lowest BCUT2D eigenvalue weighted by Crippen LogP contribution is -2.40. The van der Waals surface area contributed by atoms with Crippen LogP contribution in [0.4, 0.5) is 10.5 Å².